The van der Waals surface area contributed by atoms with E-state index in [-0.39, 0.29) is 0 Å². The van der Waals surface area contributed by atoms with Crippen molar-refractivity contribution in [2.45, 2.75) is 19.8 Å². The van der Waals surface area contributed by atoms with Crippen molar-refractivity contribution in [1.29, 1.82) is 5.26 Å². The molecule has 0 amide bonds. The summed E-state index contributed by atoms with van der Waals surface area (Å²) in [4.78, 5) is 0. The Morgan fingerprint density at radius 2 is 1.89 bits per heavy atom. The molecule has 0 bridgehead atoms. The molecule has 0 atom stereocenters. The lowest BCUT2D eigenvalue weighted by Crippen LogP contribution is -1.94. The number of nitrogens with one attached hydrogen (secondary N) is 1. The first-order valence-electron chi connectivity index (χ1n) is 6.28. The van der Waals surface area contributed by atoms with Crippen LogP contribution in [-0.2, 0) is 6.42 Å². The smallest absolute Gasteiger partial charge is 0.124 e. The van der Waals surface area contributed by atoms with E-state index in [1.165, 1.54) is 17.7 Å². The Kier molecular flexibility index (Phi) is 4.15. The van der Waals surface area contributed by atoms with Crippen molar-refractivity contribution >= 4 is 11.4 Å². The van der Waals surface area contributed by atoms with Crippen LogP contribution in [0.2, 0.25) is 0 Å². The lowest BCUT2D eigenvalue weighted by molar-refractivity contribution is 0.627. The highest BCUT2D eigenvalue weighted by molar-refractivity contribution is 5.66. The summed E-state index contributed by atoms with van der Waals surface area (Å²) in [6.45, 7) is 2.14. The van der Waals surface area contributed by atoms with Crippen LogP contribution in [0.3, 0.4) is 0 Å². The van der Waals surface area contributed by atoms with Crippen LogP contribution in [0.5, 0.6) is 0 Å². The zero-order valence-corrected chi connectivity index (χ0v) is 10.8. The highest BCUT2D eigenvalue weighted by Gasteiger charge is 2.04. The molecule has 2 aromatic rings. The van der Waals surface area contributed by atoms with Crippen molar-refractivity contribution in [2.24, 2.45) is 0 Å². The highest BCUT2D eigenvalue weighted by Crippen LogP contribution is 2.21. The molecule has 19 heavy (non-hydrogen) atoms. The molecule has 0 spiro atoms. The molecule has 0 aliphatic carbocycles. The Morgan fingerprint density at radius 1 is 1.16 bits per heavy atom. The van der Waals surface area contributed by atoms with Gasteiger partial charge in [-0.1, -0.05) is 25.5 Å². The lowest BCUT2D eigenvalue weighted by Gasteiger charge is -2.09. The number of rotatable bonds is 4. The lowest BCUT2D eigenvalue weighted by atomic mass is 10.1. The maximum Gasteiger partial charge on any atom is 0.124 e. The topological polar surface area (TPSA) is 35.8 Å². The number of hydrogen-bond donors (Lipinski definition) is 1. The van der Waals surface area contributed by atoms with Crippen molar-refractivity contribution in [2.75, 3.05) is 5.32 Å². The van der Waals surface area contributed by atoms with Crippen LogP contribution in [0, 0.1) is 17.1 Å². The van der Waals surface area contributed by atoms with Crippen molar-refractivity contribution in [3.05, 3.63) is 59.4 Å². The standard InChI is InChI=1S/C16H15FN2/c1-2-3-12-4-7-15(8-5-12)19-16-9-6-14(17)10-13(16)11-18/h4-10,19H,2-3H2,1H3. The maximum absolute atomic E-state index is 13.0. The van der Waals surface area contributed by atoms with Gasteiger partial charge in [0, 0.05) is 5.69 Å². The van der Waals surface area contributed by atoms with Crippen LogP contribution in [-0.4, -0.2) is 0 Å². The molecule has 0 aromatic heterocycles. The van der Waals surface area contributed by atoms with E-state index in [2.05, 4.69) is 24.4 Å². The van der Waals surface area contributed by atoms with Crippen LogP contribution < -0.4 is 5.32 Å². The van der Waals surface area contributed by atoms with Crippen LogP contribution >= 0.6 is 0 Å². The molecule has 96 valence electrons. The molecule has 0 heterocycles. The molecule has 2 rings (SSSR count). The van der Waals surface area contributed by atoms with Crippen molar-refractivity contribution in [1.82, 2.24) is 0 Å². The van der Waals surface area contributed by atoms with Gasteiger partial charge in [-0.15, -0.1) is 0 Å². The minimum atomic E-state index is -0.402. The summed E-state index contributed by atoms with van der Waals surface area (Å²) in [7, 11) is 0. The van der Waals surface area contributed by atoms with Gasteiger partial charge in [0.1, 0.15) is 11.9 Å². The first-order chi connectivity index (χ1) is 9.22. The van der Waals surface area contributed by atoms with Gasteiger partial charge in [-0.25, -0.2) is 4.39 Å². The molecule has 1 N–H and O–H groups in total. The minimum Gasteiger partial charge on any atom is -0.354 e. The van der Waals surface area contributed by atoms with Gasteiger partial charge in [-0.2, -0.15) is 5.26 Å². The molecular weight excluding hydrogens is 239 g/mol. The molecule has 0 fully saturated rings. The zero-order valence-electron chi connectivity index (χ0n) is 10.8. The van der Waals surface area contributed by atoms with Gasteiger partial charge in [0.15, 0.2) is 0 Å². The number of halogens is 1. The van der Waals surface area contributed by atoms with Gasteiger partial charge in [-0.05, 0) is 42.3 Å². The number of anilines is 2. The third kappa shape index (κ3) is 3.32. The minimum absolute atomic E-state index is 0.303. The fraction of sp³-hybridized carbons (Fsp3) is 0.188. The summed E-state index contributed by atoms with van der Waals surface area (Å²) >= 11 is 0. The molecule has 0 unspecified atom stereocenters. The number of benzene rings is 2. The number of nitrogens with zero attached hydrogens (tertiary/aromatic N) is 1. The van der Waals surface area contributed by atoms with Gasteiger partial charge in [0.2, 0.25) is 0 Å². The molecule has 0 aliphatic heterocycles. The van der Waals surface area contributed by atoms with Crippen LogP contribution in [0.4, 0.5) is 15.8 Å². The van der Waals surface area contributed by atoms with Crippen molar-refractivity contribution < 1.29 is 4.39 Å². The van der Waals surface area contributed by atoms with Crippen LogP contribution in [0.25, 0.3) is 0 Å². The van der Waals surface area contributed by atoms with Gasteiger partial charge >= 0.3 is 0 Å². The average Bonchev–Trinajstić information content (AvgIpc) is 2.43. The number of hydrogen-bond acceptors (Lipinski definition) is 2. The molecule has 0 radical (unpaired) electrons. The normalized spacial score (nSPS) is 9.95. The fourth-order valence-electron chi connectivity index (χ4n) is 1.92. The summed E-state index contributed by atoms with van der Waals surface area (Å²) in [6, 6.07) is 14.2. The largest absolute Gasteiger partial charge is 0.354 e. The van der Waals surface area contributed by atoms with Crippen molar-refractivity contribution in [3.63, 3.8) is 0 Å². The Bertz CT molecular complexity index is 597. The van der Waals surface area contributed by atoms with E-state index in [9.17, 15) is 4.39 Å². The molecule has 0 saturated heterocycles. The van der Waals surface area contributed by atoms with E-state index < -0.39 is 5.82 Å². The van der Waals surface area contributed by atoms with Crippen LogP contribution in [0.15, 0.2) is 42.5 Å². The van der Waals surface area contributed by atoms with Crippen LogP contribution in [0.1, 0.15) is 24.5 Å². The molecule has 2 aromatic carbocycles. The summed E-state index contributed by atoms with van der Waals surface area (Å²) < 4.78 is 13.0. The van der Waals surface area contributed by atoms with E-state index >= 15 is 0 Å². The maximum atomic E-state index is 13.0. The second-order valence-corrected chi connectivity index (χ2v) is 4.37. The van der Waals surface area contributed by atoms with E-state index in [1.807, 2.05) is 18.2 Å². The molecular formula is C16H15FN2. The average molecular weight is 254 g/mol. The van der Waals surface area contributed by atoms with Gasteiger partial charge < -0.3 is 5.32 Å². The fourth-order valence-corrected chi connectivity index (χ4v) is 1.92. The molecule has 3 heteroatoms. The zero-order chi connectivity index (χ0) is 13.7. The Morgan fingerprint density at radius 3 is 2.53 bits per heavy atom. The Labute approximate surface area is 112 Å². The SMILES string of the molecule is CCCc1ccc(Nc2ccc(F)cc2C#N)cc1. The second-order valence-electron chi connectivity index (χ2n) is 4.37. The second kappa shape index (κ2) is 6.01. The Hall–Kier alpha value is -2.34. The van der Waals surface area contributed by atoms with E-state index in [1.54, 1.807) is 6.07 Å². The number of aryl methyl sites for hydroxylation is 1. The predicted molar refractivity (Wildman–Crippen MR) is 74.8 cm³/mol. The first kappa shape index (κ1) is 13.1. The molecule has 2 nitrogen and oxygen atoms in total. The predicted octanol–water partition coefficient (Wildman–Crippen LogP) is 4.39. The molecule has 0 aliphatic rings. The third-order valence-corrected chi connectivity index (χ3v) is 2.87. The van der Waals surface area contributed by atoms with Gasteiger partial charge in [0.25, 0.3) is 0 Å². The first-order valence-corrected chi connectivity index (χ1v) is 6.28. The number of nitriles is 1. The quantitative estimate of drug-likeness (QED) is 0.878. The summed E-state index contributed by atoms with van der Waals surface area (Å²) in [5.74, 6) is -0.402. The van der Waals surface area contributed by atoms with Crippen molar-refractivity contribution in [3.8, 4) is 6.07 Å². The monoisotopic (exact) mass is 254 g/mol. The summed E-state index contributed by atoms with van der Waals surface area (Å²) in [5.41, 5.74) is 3.10. The van der Waals surface area contributed by atoms with Gasteiger partial charge in [0.05, 0.1) is 11.3 Å². The third-order valence-electron chi connectivity index (χ3n) is 2.87. The van der Waals surface area contributed by atoms with Gasteiger partial charge in [-0.3, -0.25) is 0 Å². The summed E-state index contributed by atoms with van der Waals surface area (Å²) in [5, 5.41) is 12.1. The van der Waals surface area contributed by atoms with E-state index in [4.69, 9.17) is 5.26 Å². The van der Waals surface area contributed by atoms with E-state index in [0.717, 1.165) is 18.5 Å². The molecule has 0 saturated carbocycles. The highest BCUT2D eigenvalue weighted by atomic mass is 19.1. The Balaban J connectivity index is 2.19. The summed E-state index contributed by atoms with van der Waals surface area (Å²) in [6.07, 6.45) is 2.17. The van der Waals surface area contributed by atoms with E-state index in [0.29, 0.717) is 11.3 Å².